The van der Waals surface area contributed by atoms with Crippen LogP contribution in [0.25, 0.3) is 33.0 Å². The molecule has 14 rings (SSSR count). The van der Waals surface area contributed by atoms with E-state index in [1.165, 1.54) is 55.7 Å². The highest BCUT2D eigenvalue weighted by Crippen LogP contribution is 2.32. The van der Waals surface area contributed by atoms with Gasteiger partial charge in [-0.3, -0.25) is 14.7 Å². The molecule has 12 nitrogen and oxygen atoms in total. The molecule has 0 N–H and O–H groups in total. The Balaban J connectivity index is 0.000000154. The summed E-state index contributed by atoms with van der Waals surface area (Å²) < 4.78 is 9.27. The number of fused-ring (bicyclic) bond motifs is 6. The summed E-state index contributed by atoms with van der Waals surface area (Å²) in [5.41, 5.74) is 11.6. The first-order valence-corrected chi connectivity index (χ1v) is 35.0. The molecule has 0 saturated carbocycles. The van der Waals surface area contributed by atoms with Gasteiger partial charge in [0, 0.05) is 79.5 Å². The zero-order valence-electron chi connectivity index (χ0n) is 60.3. The van der Waals surface area contributed by atoms with Gasteiger partial charge in [-0.1, -0.05) is 197 Å². The molecule has 95 heavy (non-hydrogen) atoms. The summed E-state index contributed by atoms with van der Waals surface area (Å²) in [6, 6.07) is 57.4. The molecule has 5 aliphatic rings. The fraction of sp³-hybridized carbons (Fsp3) is 0.434. The standard InChI is InChI=1S/C12H12N2.C12H17N.2C11H17N.C10H14O.2C9H11N3.C9H12/c1-9(2)14-8-10(7-13)11-5-3-4-6-12(11)14;1-10(2)13-8-7-11-5-3-4-6-12(11)9-13;1-9(2)12-7-10-5-3-4-6-11(10)8-12;1-9(2)12-8-7-10-5-3-4-6-11(10)12;1-8(2)9-6-4-5-7-10(9)11-3;1-7(2)12-9-6-4-3-5-8(9)10-11-12;1-7(2)12-10-8-5-3-4-6-9(8)11-12;1-8(2)9-6-4-3-5-7-9/h3-6,8-9H,1-2H3;3-6,10H,7-9H2,1-2H3;2*3-6,9-11H,7-8H2,1-2H3;4-8H,1-3H3;2*3-7H,1-2H3;3-8H,1-2H3. The van der Waals surface area contributed by atoms with Crippen molar-refractivity contribution in [3.63, 3.8) is 0 Å². The van der Waals surface area contributed by atoms with Crippen LogP contribution in [0.3, 0.4) is 0 Å². The van der Waals surface area contributed by atoms with Crippen LogP contribution in [0.15, 0.2) is 206 Å². The molecule has 0 bridgehead atoms. The molecule has 6 aromatic carbocycles. The van der Waals surface area contributed by atoms with E-state index < -0.39 is 0 Å². The molecule has 12 heteroatoms. The minimum absolute atomic E-state index is 0.331. The molecule has 504 valence electrons. The van der Waals surface area contributed by atoms with Crippen molar-refractivity contribution in [2.45, 2.75) is 184 Å². The van der Waals surface area contributed by atoms with Crippen LogP contribution in [-0.4, -0.2) is 107 Å². The Bertz CT molecular complexity index is 3820. The van der Waals surface area contributed by atoms with Crippen molar-refractivity contribution in [3.05, 3.63) is 234 Å². The minimum atomic E-state index is 0.331. The summed E-state index contributed by atoms with van der Waals surface area (Å²) >= 11 is 0. The maximum atomic E-state index is 8.97. The number of rotatable bonds is 9. The van der Waals surface area contributed by atoms with Gasteiger partial charge in [-0.2, -0.15) is 20.3 Å². The Labute approximate surface area is 570 Å². The number of nitriles is 1. The molecule has 0 spiro atoms. The van der Waals surface area contributed by atoms with Crippen LogP contribution in [0.4, 0.5) is 0 Å². The van der Waals surface area contributed by atoms with Gasteiger partial charge >= 0.3 is 0 Å². The molecule has 4 unspecified atom stereocenters. The molecule has 2 fully saturated rings. The number of nitrogens with zero attached hydrogens (tertiary/aromatic N) is 11. The summed E-state index contributed by atoms with van der Waals surface area (Å²) in [5, 5.41) is 26.8. The highest BCUT2D eigenvalue weighted by molar-refractivity contribution is 5.86. The summed E-state index contributed by atoms with van der Waals surface area (Å²) in [6.07, 6.45) is 22.6. The van der Waals surface area contributed by atoms with Crippen LogP contribution in [-0.2, 0) is 13.0 Å². The second kappa shape index (κ2) is 37.2. The number of methoxy groups -OCH3 is 1. The highest BCUT2D eigenvalue weighted by Gasteiger charge is 2.33. The van der Waals surface area contributed by atoms with Crippen LogP contribution in [0.1, 0.15) is 175 Å². The van der Waals surface area contributed by atoms with Crippen molar-refractivity contribution in [1.82, 2.24) is 49.3 Å². The number of likely N-dealkylation sites (tertiary alicyclic amines) is 2. The molecule has 0 radical (unpaired) electrons. The van der Waals surface area contributed by atoms with Crippen molar-refractivity contribution in [2.75, 3.05) is 33.3 Å². The number of para-hydroxylation sites is 3. The fourth-order valence-corrected chi connectivity index (χ4v) is 12.5. The molecule has 2 aliphatic carbocycles. The second-order valence-electron chi connectivity index (χ2n) is 27.6. The lowest BCUT2D eigenvalue weighted by molar-refractivity contribution is 0.203. The minimum Gasteiger partial charge on any atom is -0.496 e. The average Bonchev–Trinajstić information content (AvgIpc) is 1.77. The number of allylic oxidation sites excluding steroid dienone is 4. The van der Waals surface area contributed by atoms with Crippen LogP contribution >= 0.6 is 0 Å². The Morgan fingerprint density at radius 3 is 1.56 bits per heavy atom. The van der Waals surface area contributed by atoms with Crippen LogP contribution in [0.5, 0.6) is 5.75 Å². The van der Waals surface area contributed by atoms with Crippen molar-refractivity contribution in [1.29, 1.82) is 5.26 Å². The molecule has 3 aliphatic heterocycles. The maximum absolute atomic E-state index is 8.97. The monoisotopic (exact) mass is 1280 g/mol. The zero-order valence-corrected chi connectivity index (χ0v) is 60.3. The largest absolute Gasteiger partial charge is 0.496 e. The first-order chi connectivity index (χ1) is 45.7. The first kappa shape index (κ1) is 74.2. The second-order valence-corrected chi connectivity index (χ2v) is 27.6. The lowest BCUT2D eigenvalue weighted by atomic mass is 9.92. The molecular weight excluding hydrogens is 1170 g/mol. The van der Waals surface area contributed by atoms with Crippen molar-refractivity contribution in [3.8, 4) is 11.8 Å². The van der Waals surface area contributed by atoms with Gasteiger partial charge in [0.2, 0.25) is 0 Å². The summed E-state index contributed by atoms with van der Waals surface area (Å²) in [5.74, 6) is 4.55. The molecule has 3 aromatic heterocycles. The van der Waals surface area contributed by atoms with E-state index in [1.54, 1.807) is 17.5 Å². The average molecular weight is 1280 g/mol. The zero-order chi connectivity index (χ0) is 68.6. The third-order valence-electron chi connectivity index (χ3n) is 18.1. The molecule has 6 heterocycles. The molecule has 2 saturated heterocycles. The topological polar surface area (TPSA) is 109 Å². The van der Waals surface area contributed by atoms with E-state index >= 15 is 0 Å². The van der Waals surface area contributed by atoms with E-state index in [-0.39, 0.29) is 0 Å². The van der Waals surface area contributed by atoms with Crippen molar-refractivity contribution < 1.29 is 4.74 Å². The lowest BCUT2D eigenvalue weighted by Crippen LogP contribution is -2.36. The Hall–Kier alpha value is -8.21. The summed E-state index contributed by atoms with van der Waals surface area (Å²) in [6.45, 7) is 41.1. The van der Waals surface area contributed by atoms with Gasteiger partial charge in [-0.05, 0) is 191 Å². The normalized spacial score (nSPS) is 17.7. The first-order valence-electron chi connectivity index (χ1n) is 35.0. The number of hydrogen-bond acceptors (Lipinski definition) is 9. The fourth-order valence-electron chi connectivity index (χ4n) is 12.5. The van der Waals surface area contributed by atoms with E-state index in [1.807, 2.05) is 102 Å². The van der Waals surface area contributed by atoms with E-state index in [4.69, 9.17) is 10.00 Å². The molecule has 0 amide bonds. The molecular formula is C83H111N11O. The third kappa shape index (κ3) is 21.4. The van der Waals surface area contributed by atoms with E-state index in [0.717, 1.165) is 68.6 Å². The van der Waals surface area contributed by atoms with Crippen molar-refractivity contribution >= 4 is 33.0 Å². The van der Waals surface area contributed by atoms with Crippen LogP contribution in [0, 0.1) is 29.1 Å². The number of ether oxygens (including phenoxy) is 1. The maximum Gasteiger partial charge on any atom is 0.122 e. The Morgan fingerprint density at radius 1 is 0.484 bits per heavy atom. The number of benzene rings is 6. The van der Waals surface area contributed by atoms with Crippen LogP contribution in [0.2, 0.25) is 0 Å². The van der Waals surface area contributed by atoms with E-state index in [9.17, 15) is 0 Å². The van der Waals surface area contributed by atoms with E-state index in [2.05, 4.69) is 266 Å². The predicted molar refractivity (Wildman–Crippen MR) is 400 cm³/mol. The Morgan fingerprint density at radius 2 is 1.02 bits per heavy atom. The summed E-state index contributed by atoms with van der Waals surface area (Å²) in [4.78, 5) is 9.42. The Kier molecular flexibility index (Phi) is 29.0. The van der Waals surface area contributed by atoms with Gasteiger partial charge in [0.25, 0.3) is 0 Å². The van der Waals surface area contributed by atoms with Gasteiger partial charge in [0.15, 0.2) is 0 Å². The van der Waals surface area contributed by atoms with Crippen molar-refractivity contribution in [2.24, 2.45) is 17.8 Å². The van der Waals surface area contributed by atoms with Gasteiger partial charge in [-0.15, -0.1) is 5.10 Å². The summed E-state index contributed by atoms with van der Waals surface area (Å²) in [7, 11) is 1.71. The third-order valence-corrected chi connectivity index (χ3v) is 18.1. The van der Waals surface area contributed by atoms with E-state index in [0.29, 0.717) is 54.1 Å². The lowest BCUT2D eigenvalue weighted by Gasteiger charge is -2.31. The van der Waals surface area contributed by atoms with Gasteiger partial charge in [-0.25, -0.2) is 4.68 Å². The number of aromatic nitrogens is 7. The molecule has 9 aromatic rings. The smallest absolute Gasteiger partial charge is 0.122 e. The highest BCUT2D eigenvalue weighted by atomic mass is 16.5. The SMILES string of the molecule is CC(C)N1CC2C=CC=CC2C1.CC(C)N1CCC2C=CC=CC21.CC(C)N1CCc2ccccc2C1.CC(C)c1ccccc1.CC(C)n1cc(C#N)c2ccccc21.CC(C)n1nc2ccccc2n1.CC(C)n1nnc2ccccc21.COc1ccccc1C(C)C. The molecule has 4 atom stereocenters. The van der Waals surface area contributed by atoms with Gasteiger partial charge in [0.05, 0.1) is 24.2 Å². The quantitative estimate of drug-likeness (QED) is 0.140. The van der Waals surface area contributed by atoms with Gasteiger partial charge < -0.3 is 9.30 Å². The predicted octanol–water partition coefficient (Wildman–Crippen LogP) is 19.5. The number of hydrogen-bond donors (Lipinski definition) is 0. The van der Waals surface area contributed by atoms with Gasteiger partial charge in [0.1, 0.15) is 28.4 Å². The van der Waals surface area contributed by atoms with Crippen LogP contribution < -0.4 is 4.74 Å².